The second kappa shape index (κ2) is 8.10. The first kappa shape index (κ1) is 18.1. The molecule has 3 rings (SSSR count). The van der Waals surface area contributed by atoms with E-state index in [2.05, 4.69) is 10.6 Å². The molecular weight excluding hydrogens is 356 g/mol. The van der Waals surface area contributed by atoms with Crippen LogP contribution in [-0.2, 0) is 22.4 Å². The second-order valence-corrected chi connectivity index (χ2v) is 6.28. The lowest BCUT2D eigenvalue weighted by Crippen LogP contribution is -2.20. The van der Waals surface area contributed by atoms with E-state index in [9.17, 15) is 9.59 Å². The number of halogens is 1. The van der Waals surface area contributed by atoms with E-state index >= 15 is 0 Å². The van der Waals surface area contributed by atoms with Gasteiger partial charge < -0.3 is 20.1 Å². The van der Waals surface area contributed by atoms with Crippen molar-refractivity contribution in [2.75, 3.05) is 25.6 Å². The van der Waals surface area contributed by atoms with Crippen molar-refractivity contribution < 1.29 is 19.1 Å². The summed E-state index contributed by atoms with van der Waals surface area (Å²) in [5.74, 6) is 0.855. The number of hydrogen-bond acceptors (Lipinski definition) is 4. The molecule has 0 aromatic heterocycles. The van der Waals surface area contributed by atoms with E-state index in [0.29, 0.717) is 41.8 Å². The summed E-state index contributed by atoms with van der Waals surface area (Å²) in [7, 11) is 1.60. The molecule has 6 nitrogen and oxygen atoms in total. The zero-order valence-electron chi connectivity index (χ0n) is 14.3. The number of nitrogens with one attached hydrogen (secondary N) is 2. The van der Waals surface area contributed by atoms with Crippen LogP contribution < -0.4 is 20.1 Å². The van der Waals surface area contributed by atoms with Gasteiger partial charge in [-0.3, -0.25) is 9.59 Å². The quantitative estimate of drug-likeness (QED) is 0.843. The number of fused-ring (bicyclic) bond motifs is 1. The van der Waals surface area contributed by atoms with Crippen molar-refractivity contribution in [3.8, 4) is 11.5 Å². The second-order valence-electron chi connectivity index (χ2n) is 5.87. The molecule has 0 atom stereocenters. The standard InChI is InChI=1S/C19H19ClN2O4/c1-21-17(23)10-12-2-4-14(5-3-12)22-18(24)11-13-8-15(20)19-16(9-13)25-6-7-26-19/h2-5,8-9H,6-7,10-11H2,1H3,(H,21,23)(H,22,24). The average molecular weight is 375 g/mol. The molecular formula is C19H19ClN2O4. The number of carbonyl (C=O) groups excluding carboxylic acids is 2. The molecule has 0 saturated carbocycles. The molecule has 2 amide bonds. The molecule has 136 valence electrons. The van der Waals surface area contributed by atoms with Crippen molar-refractivity contribution in [1.82, 2.24) is 5.32 Å². The van der Waals surface area contributed by atoms with Gasteiger partial charge in [-0.1, -0.05) is 23.7 Å². The smallest absolute Gasteiger partial charge is 0.228 e. The largest absolute Gasteiger partial charge is 0.486 e. The van der Waals surface area contributed by atoms with Gasteiger partial charge in [0.05, 0.1) is 17.9 Å². The summed E-state index contributed by atoms with van der Waals surface area (Å²) in [6.07, 6.45) is 0.469. The highest BCUT2D eigenvalue weighted by atomic mass is 35.5. The normalized spacial score (nSPS) is 12.4. The summed E-state index contributed by atoms with van der Waals surface area (Å²) in [4.78, 5) is 23.6. The Morgan fingerprint density at radius 2 is 1.69 bits per heavy atom. The summed E-state index contributed by atoms with van der Waals surface area (Å²) < 4.78 is 11.0. The summed E-state index contributed by atoms with van der Waals surface area (Å²) in [6, 6.07) is 10.6. The van der Waals surface area contributed by atoms with Gasteiger partial charge >= 0.3 is 0 Å². The van der Waals surface area contributed by atoms with Gasteiger partial charge in [0.1, 0.15) is 13.2 Å². The molecule has 2 N–H and O–H groups in total. The van der Waals surface area contributed by atoms with Gasteiger partial charge in [-0.05, 0) is 35.4 Å². The molecule has 1 heterocycles. The Bertz CT molecular complexity index is 821. The molecule has 2 aromatic carbocycles. The van der Waals surface area contributed by atoms with Crippen molar-refractivity contribution in [2.24, 2.45) is 0 Å². The Morgan fingerprint density at radius 1 is 1.00 bits per heavy atom. The third kappa shape index (κ3) is 4.46. The number of amides is 2. The Labute approximate surface area is 156 Å². The Kier molecular flexibility index (Phi) is 5.63. The maximum absolute atomic E-state index is 12.3. The molecule has 0 saturated heterocycles. The average Bonchev–Trinajstić information content (AvgIpc) is 2.63. The highest BCUT2D eigenvalue weighted by molar-refractivity contribution is 6.32. The topological polar surface area (TPSA) is 76.7 Å². The zero-order valence-corrected chi connectivity index (χ0v) is 15.1. The minimum absolute atomic E-state index is 0.0581. The van der Waals surface area contributed by atoms with Gasteiger partial charge in [-0.15, -0.1) is 0 Å². The van der Waals surface area contributed by atoms with E-state index in [1.807, 2.05) is 12.1 Å². The third-order valence-electron chi connectivity index (χ3n) is 3.90. The fourth-order valence-corrected chi connectivity index (χ4v) is 2.92. The number of anilines is 1. The molecule has 0 spiro atoms. The summed E-state index contributed by atoms with van der Waals surface area (Å²) in [5.41, 5.74) is 2.29. The van der Waals surface area contributed by atoms with Crippen LogP contribution in [-0.4, -0.2) is 32.1 Å². The third-order valence-corrected chi connectivity index (χ3v) is 4.18. The molecule has 0 aliphatic carbocycles. The fraction of sp³-hybridized carbons (Fsp3) is 0.263. The molecule has 0 bridgehead atoms. The molecule has 1 aliphatic heterocycles. The van der Waals surface area contributed by atoms with E-state index in [1.165, 1.54) is 0 Å². The number of hydrogen-bond donors (Lipinski definition) is 2. The maximum atomic E-state index is 12.3. The Hall–Kier alpha value is -2.73. The minimum Gasteiger partial charge on any atom is -0.486 e. The van der Waals surface area contributed by atoms with Crippen LogP contribution in [0.15, 0.2) is 36.4 Å². The Balaban J connectivity index is 1.62. The van der Waals surface area contributed by atoms with Crippen LogP contribution in [0.25, 0.3) is 0 Å². The van der Waals surface area contributed by atoms with Crippen LogP contribution in [0.2, 0.25) is 5.02 Å². The predicted octanol–water partition coefficient (Wildman–Crippen LogP) is 2.58. The van der Waals surface area contributed by atoms with Crippen LogP contribution in [0.4, 0.5) is 5.69 Å². The summed E-state index contributed by atoms with van der Waals surface area (Å²) in [5, 5.41) is 5.84. The zero-order chi connectivity index (χ0) is 18.5. The molecule has 0 unspecified atom stereocenters. The van der Waals surface area contributed by atoms with E-state index < -0.39 is 0 Å². The van der Waals surface area contributed by atoms with Crippen molar-refractivity contribution in [3.05, 3.63) is 52.5 Å². The number of rotatable bonds is 5. The number of ether oxygens (including phenoxy) is 2. The molecule has 1 aliphatic rings. The monoisotopic (exact) mass is 374 g/mol. The van der Waals surface area contributed by atoms with Gasteiger partial charge in [-0.2, -0.15) is 0 Å². The van der Waals surface area contributed by atoms with Crippen LogP contribution in [0, 0.1) is 0 Å². The predicted molar refractivity (Wildman–Crippen MR) is 99.0 cm³/mol. The van der Waals surface area contributed by atoms with Crippen molar-refractivity contribution >= 4 is 29.1 Å². The molecule has 0 fully saturated rings. The van der Waals surface area contributed by atoms with Crippen molar-refractivity contribution in [3.63, 3.8) is 0 Å². The fourth-order valence-electron chi connectivity index (χ4n) is 2.64. The van der Waals surface area contributed by atoms with Crippen LogP contribution in [0.3, 0.4) is 0 Å². The van der Waals surface area contributed by atoms with Crippen molar-refractivity contribution in [2.45, 2.75) is 12.8 Å². The maximum Gasteiger partial charge on any atom is 0.228 e. The Morgan fingerprint density at radius 3 is 2.42 bits per heavy atom. The SMILES string of the molecule is CNC(=O)Cc1ccc(NC(=O)Cc2cc(Cl)c3c(c2)OCCO3)cc1. The lowest BCUT2D eigenvalue weighted by molar-refractivity contribution is -0.120. The highest BCUT2D eigenvalue weighted by Gasteiger charge is 2.17. The van der Waals surface area contributed by atoms with Crippen LogP contribution in [0.5, 0.6) is 11.5 Å². The first-order valence-corrected chi connectivity index (χ1v) is 8.60. The van der Waals surface area contributed by atoms with E-state index in [0.717, 1.165) is 11.1 Å². The first-order chi connectivity index (χ1) is 12.5. The highest BCUT2D eigenvalue weighted by Crippen LogP contribution is 2.38. The van der Waals surface area contributed by atoms with E-state index in [4.69, 9.17) is 21.1 Å². The first-order valence-electron chi connectivity index (χ1n) is 8.22. The van der Waals surface area contributed by atoms with Gasteiger partial charge in [0.2, 0.25) is 11.8 Å². The molecule has 2 aromatic rings. The van der Waals surface area contributed by atoms with Gasteiger partial charge in [0.15, 0.2) is 11.5 Å². The number of carbonyl (C=O) groups is 2. The van der Waals surface area contributed by atoms with Gasteiger partial charge in [0.25, 0.3) is 0 Å². The van der Waals surface area contributed by atoms with E-state index in [-0.39, 0.29) is 18.2 Å². The van der Waals surface area contributed by atoms with Gasteiger partial charge in [-0.25, -0.2) is 0 Å². The molecule has 7 heteroatoms. The summed E-state index contributed by atoms with van der Waals surface area (Å²) >= 11 is 6.19. The van der Waals surface area contributed by atoms with Gasteiger partial charge in [0, 0.05) is 12.7 Å². The van der Waals surface area contributed by atoms with E-state index in [1.54, 1.807) is 31.3 Å². The lowest BCUT2D eigenvalue weighted by atomic mass is 10.1. The van der Waals surface area contributed by atoms with Crippen molar-refractivity contribution in [1.29, 1.82) is 0 Å². The number of benzene rings is 2. The molecule has 0 radical (unpaired) electrons. The summed E-state index contributed by atoms with van der Waals surface area (Å²) in [6.45, 7) is 0.920. The van der Waals surface area contributed by atoms with Crippen LogP contribution >= 0.6 is 11.6 Å². The van der Waals surface area contributed by atoms with Crippen LogP contribution in [0.1, 0.15) is 11.1 Å². The number of likely N-dealkylation sites (N-methyl/N-ethyl adjacent to an activating group) is 1. The lowest BCUT2D eigenvalue weighted by Gasteiger charge is -2.20. The molecule has 26 heavy (non-hydrogen) atoms. The minimum atomic E-state index is -0.170.